The molecule has 0 N–H and O–H groups in total. The number of carbonyl (C=O) groups is 1. The summed E-state index contributed by atoms with van der Waals surface area (Å²) in [5.41, 5.74) is 1.55. The van der Waals surface area contributed by atoms with Gasteiger partial charge in [-0.25, -0.2) is 4.98 Å². The van der Waals surface area contributed by atoms with E-state index >= 15 is 0 Å². The number of hydrogen-bond acceptors (Lipinski definition) is 7. The highest BCUT2D eigenvalue weighted by Crippen LogP contribution is 2.16. The van der Waals surface area contributed by atoms with Crippen molar-refractivity contribution in [3.05, 3.63) is 47.7 Å². The van der Waals surface area contributed by atoms with Crippen LogP contribution in [0.2, 0.25) is 0 Å². The predicted octanol–water partition coefficient (Wildman–Crippen LogP) is 2.50. The van der Waals surface area contributed by atoms with Crippen LogP contribution in [0.3, 0.4) is 0 Å². The second kappa shape index (κ2) is 11.8. The maximum Gasteiger partial charge on any atom is 0.275 e. The number of nitrogens with zero attached hydrogens (tertiary/aromatic N) is 4. The molecule has 0 radical (unpaired) electrons. The van der Waals surface area contributed by atoms with Gasteiger partial charge in [0.25, 0.3) is 5.91 Å². The number of benzene rings is 1. The normalized spacial score (nSPS) is 14.7. The smallest absolute Gasteiger partial charge is 0.275 e. The molecule has 0 bridgehead atoms. The van der Waals surface area contributed by atoms with Crippen LogP contribution in [0.4, 0.5) is 0 Å². The Kier molecular flexibility index (Phi) is 8.87. The number of morpholine rings is 1. The van der Waals surface area contributed by atoms with Crippen molar-refractivity contribution in [1.29, 1.82) is 0 Å². The number of ether oxygens (including phenoxy) is 2. The van der Waals surface area contributed by atoms with Crippen molar-refractivity contribution >= 4 is 5.91 Å². The summed E-state index contributed by atoms with van der Waals surface area (Å²) in [6.07, 6.45) is 1.46. The Bertz CT molecular complexity index is 802. The highest BCUT2D eigenvalue weighted by atomic mass is 16.5. The molecule has 2 heterocycles. The fraction of sp³-hybridized carbons (Fsp3) is 0.565. The Morgan fingerprint density at radius 2 is 1.90 bits per heavy atom. The van der Waals surface area contributed by atoms with Gasteiger partial charge in [0.1, 0.15) is 12.0 Å². The molecule has 1 aliphatic rings. The minimum Gasteiger partial charge on any atom is -0.494 e. The summed E-state index contributed by atoms with van der Waals surface area (Å²) in [6, 6.07) is 8.18. The van der Waals surface area contributed by atoms with Crippen molar-refractivity contribution < 1.29 is 18.7 Å². The number of aromatic nitrogens is 1. The number of hydrogen-bond donors (Lipinski definition) is 0. The van der Waals surface area contributed by atoms with Crippen molar-refractivity contribution in [2.75, 3.05) is 59.6 Å². The van der Waals surface area contributed by atoms with Crippen LogP contribution in [0.25, 0.3) is 0 Å². The zero-order valence-corrected chi connectivity index (χ0v) is 18.9. The summed E-state index contributed by atoms with van der Waals surface area (Å²) in [4.78, 5) is 23.1. The maximum atomic E-state index is 12.3. The molecule has 0 unspecified atom stereocenters. The first-order valence-electron chi connectivity index (χ1n) is 11.0. The quantitative estimate of drug-likeness (QED) is 0.542. The van der Waals surface area contributed by atoms with E-state index in [9.17, 15) is 4.79 Å². The third kappa shape index (κ3) is 7.05. The molecule has 2 aromatic rings. The monoisotopic (exact) mass is 430 g/mol. The van der Waals surface area contributed by atoms with E-state index in [1.807, 2.05) is 26.0 Å². The summed E-state index contributed by atoms with van der Waals surface area (Å²) in [5, 5.41) is 0. The Morgan fingerprint density at radius 3 is 2.58 bits per heavy atom. The highest BCUT2D eigenvalue weighted by molar-refractivity contribution is 5.91. The molecular formula is C23H34N4O4. The van der Waals surface area contributed by atoms with Crippen LogP contribution in [0.15, 0.2) is 34.9 Å². The van der Waals surface area contributed by atoms with E-state index in [0.29, 0.717) is 31.3 Å². The fourth-order valence-corrected chi connectivity index (χ4v) is 3.45. The van der Waals surface area contributed by atoms with E-state index in [1.54, 1.807) is 11.9 Å². The van der Waals surface area contributed by atoms with Gasteiger partial charge in [0, 0.05) is 46.3 Å². The van der Waals surface area contributed by atoms with Gasteiger partial charge in [0.15, 0.2) is 5.69 Å². The van der Waals surface area contributed by atoms with Crippen LogP contribution in [0.5, 0.6) is 5.75 Å². The summed E-state index contributed by atoms with van der Waals surface area (Å²) >= 11 is 0. The van der Waals surface area contributed by atoms with Gasteiger partial charge in [-0.05, 0) is 31.5 Å². The van der Waals surface area contributed by atoms with Gasteiger partial charge >= 0.3 is 0 Å². The molecule has 1 aliphatic heterocycles. The second-order valence-corrected chi connectivity index (χ2v) is 7.69. The Morgan fingerprint density at radius 1 is 1.16 bits per heavy atom. The summed E-state index contributed by atoms with van der Waals surface area (Å²) in [6.45, 7) is 11.8. The van der Waals surface area contributed by atoms with E-state index in [0.717, 1.165) is 51.7 Å². The van der Waals surface area contributed by atoms with Gasteiger partial charge in [-0.2, -0.15) is 0 Å². The lowest BCUT2D eigenvalue weighted by atomic mass is 10.2. The number of oxazole rings is 1. The van der Waals surface area contributed by atoms with Gasteiger partial charge in [-0.1, -0.05) is 12.1 Å². The van der Waals surface area contributed by atoms with Crippen molar-refractivity contribution in [2.24, 2.45) is 0 Å². The van der Waals surface area contributed by atoms with Gasteiger partial charge in [-0.15, -0.1) is 0 Å². The standard InChI is InChI=1S/C23H34N4O4/c1-4-25(3)23(28)21-18-31-22(24-21)17-27(11-10-26-12-14-29-15-13-26)16-19-6-8-20(9-7-19)30-5-2/h6-9,18H,4-5,10-17H2,1-3H3. The SMILES string of the molecule is CCOc1ccc(CN(CCN2CCOCC2)Cc2nc(C(=O)N(C)CC)co2)cc1. The van der Waals surface area contributed by atoms with Crippen molar-refractivity contribution in [1.82, 2.24) is 19.7 Å². The van der Waals surface area contributed by atoms with Crippen LogP contribution >= 0.6 is 0 Å². The Hall–Kier alpha value is -2.42. The second-order valence-electron chi connectivity index (χ2n) is 7.69. The first-order chi connectivity index (χ1) is 15.1. The molecule has 0 atom stereocenters. The molecule has 1 aromatic carbocycles. The third-order valence-corrected chi connectivity index (χ3v) is 5.43. The first-order valence-corrected chi connectivity index (χ1v) is 11.0. The molecule has 8 heteroatoms. The van der Waals surface area contributed by atoms with E-state index < -0.39 is 0 Å². The van der Waals surface area contributed by atoms with Gasteiger partial charge in [-0.3, -0.25) is 14.6 Å². The first kappa shape index (κ1) is 23.2. The van der Waals surface area contributed by atoms with Crippen LogP contribution < -0.4 is 4.74 Å². The summed E-state index contributed by atoms with van der Waals surface area (Å²) in [5.74, 6) is 1.31. The molecule has 8 nitrogen and oxygen atoms in total. The highest BCUT2D eigenvalue weighted by Gasteiger charge is 2.18. The predicted molar refractivity (Wildman–Crippen MR) is 118 cm³/mol. The van der Waals surface area contributed by atoms with Crippen LogP contribution in [0, 0.1) is 0 Å². The number of rotatable bonds is 11. The Labute approximate surface area is 184 Å². The van der Waals surface area contributed by atoms with Gasteiger partial charge in [0.05, 0.1) is 26.4 Å². The van der Waals surface area contributed by atoms with Crippen molar-refractivity contribution in [2.45, 2.75) is 26.9 Å². The zero-order valence-electron chi connectivity index (χ0n) is 18.9. The number of amides is 1. The third-order valence-electron chi connectivity index (χ3n) is 5.43. The lowest BCUT2D eigenvalue weighted by molar-refractivity contribution is 0.0320. The summed E-state index contributed by atoms with van der Waals surface area (Å²) in [7, 11) is 1.76. The van der Waals surface area contributed by atoms with Crippen molar-refractivity contribution in [3.63, 3.8) is 0 Å². The van der Waals surface area contributed by atoms with Crippen molar-refractivity contribution in [3.8, 4) is 5.75 Å². The summed E-state index contributed by atoms with van der Waals surface area (Å²) < 4.78 is 16.6. The van der Waals surface area contributed by atoms with Crippen LogP contribution in [-0.4, -0.2) is 85.2 Å². The molecule has 0 aliphatic carbocycles. The van der Waals surface area contributed by atoms with E-state index in [-0.39, 0.29) is 5.91 Å². The largest absolute Gasteiger partial charge is 0.494 e. The topological polar surface area (TPSA) is 71.3 Å². The average molecular weight is 431 g/mol. The zero-order chi connectivity index (χ0) is 22.1. The molecule has 1 saturated heterocycles. The van der Waals surface area contributed by atoms with Gasteiger partial charge < -0.3 is 18.8 Å². The minimum absolute atomic E-state index is 0.121. The molecule has 31 heavy (non-hydrogen) atoms. The van der Waals surface area contributed by atoms with E-state index in [1.165, 1.54) is 11.8 Å². The molecule has 170 valence electrons. The Balaban J connectivity index is 1.66. The van der Waals surface area contributed by atoms with Gasteiger partial charge in [0.2, 0.25) is 5.89 Å². The lowest BCUT2D eigenvalue weighted by Crippen LogP contribution is -2.41. The fourth-order valence-electron chi connectivity index (χ4n) is 3.45. The minimum atomic E-state index is -0.121. The van der Waals surface area contributed by atoms with E-state index in [2.05, 4.69) is 26.9 Å². The van der Waals surface area contributed by atoms with E-state index in [4.69, 9.17) is 13.9 Å². The van der Waals surface area contributed by atoms with Crippen LogP contribution in [0.1, 0.15) is 35.8 Å². The molecule has 0 spiro atoms. The maximum absolute atomic E-state index is 12.3. The number of carbonyl (C=O) groups excluding carboxylic acids is 1. The molecule has 1 amide bonds. The molecule has 0 saturated carbocycles. The molecular weight excluding hydrogens is 396 g/mol. The molecule has 1 fully saturated rings. The molecule has 3 rings (SSSR count). The van der Waals surface area contributed by atoms with Crippen LogP contribution in [-0.2, 0) is 17.8 Å². The average Bonchev–Trinajstić information content (AvgIpc) is 3.27. The molecule has 1 aromatic heterocycles. The lowest BCUT2D eigenvalue weighted by Gasteiger charge is -2.29.